The number of phenolic OH excluding ortho intramolecular Hbond substituents is 6. The topological polar surface area (TPSA) is 171 Å². The first kappa shape index (κ1) is 33.5. The second kappa shape index (κ2) is 12.9. The van der Waals surface area contributed by atoms with Crippen LogP contribution in [-0.4, -0.2) is 78.0 Å². The summed E-state index contributed by atoms with van der Waals surface area (Å²) in [7, 11) is 0. The van der Waals surface area contributed by atoms with Crippen molar-refractivity contribution in [2.45, 2.75) is 53.4 Å². The molecule has 250 valence electrons. The summed E-state index contributed by atoms with van der Waals surface area (Å²) in [6.07, 6.45) is 2.80. The monoisotopic (exact) mass is 686 g/mol. The average molecular weight is 687 g/mol. The van der Waals surface area contributed by atoms with E-state index in [1.165, 1.54) is 36.0 Å². The molecule has 2 heterocycles. The number of hydrogen-bond acceptors (Lipinski definition) is 12. The molecule has 4 aromatic carbocycles. The summed E-state index contributed by atoms with van der Waals surface area (Å²) in [5.74, 6) is -0.711. The standard InChI is InChI=1S/C36H38N4O6S2/c1-15(2)23-19-11-17(5)25(31(43)27(19)21(29(41)33(23)45)13-39-35-37-7-9-47-35)26-18(6)12-20-24(16(3)4)34(46)30(42)22(28(20)32(26)44)14-40-36-38-8-10-48-36/h11-16,41-46H,7-10H2,1-6H3/b39-13+,40-14+. The fourth-order valence-corrected chi connectivity index (χ4v) is 8.02. The molecule has 6 N–H and O–H groups in total. The Labute approximate surface area is 286 Å². The van der Waals surface area contributed by atoms with Gasteiger partial charge in [0.2, 0.25) is 0 Å². The fourth-order valence-electron chi connectivity index (χ4n) is 6.67. The number of benzene rings is 4. The number of rotatable bonds is 5. The highest BCUT2D eigenvalue weighted by Gasteiger charge is 2.29. The van der Waals surface area contributed by atoms with Gasteiger partial charge in [0, 0.05) is 57.0 Å². The summed E-state index contributed by atoms with van der Waals surface area (Å²) >= 11 is 2.94. The van der Waals surface area contributed by atoms with Crippen molar-refractivity contribution in [1.82, 2.24) is 0 Å². The van der Waals surface area contributed by atoms with Crippen LogP contribution in [-0.2, 0) is 0 Å². The highest BCUT2D eigenvalue weighted by atomic mass is 32.2. The summed E-state index contributed by atoms with van der Waals surface area (Å²) in [6.45, 7) is 12.4. The molecule has 0 saturated heterocycles. The van der Waals surface area contributed by atoms with E-state index in [1.54, 1.807) is 13.8 Å². The molecule has 0 aliphatic carbocycles. The van der Waals surface area contributed by atoms with Crippen LogP contribution in [0.3, 0.4) is 0 Å². The van der Waals surface area contributed by atoms with Crippen LogP contribution in [0.4, 0.5) is 0 Å². The molecule has 0 atom stereocenters. The van der Waals surface area contributed by atoms with Gasteiger partial charge >= 0.3 is 0 Å². The van der Waals surface area contributed by atoms with Crippen LogP contribution in [0.25, 0.3) is 32.7 Å². The van der Waals surface area contributed by atoms with Crippen molar-refractivity contribution in [3.8, 4) is 45.6 Å². The van der Waals surface area contributed by atoms with Crippen LogP contribution in [0.5, 0.6) is 34.5 Å². The van der Waals surface area contributed by atoms with E-state index in [0.29, 0.717) is 67.6 Å². The van der Waals surface area contributed by atoms with E-state index < -0.39 is 11.5 Å². The molecule has 0 amide bonds. The third kappa shape index (κ3) is 5.50. The quantitative estimate of drug-likeness (QED) is 0.0912. The summed E-state index contributed by atoms with van der Waals surface area (Å²) in [5.41, 5.74) is 2.97. The number of amidine groups is 2. The Morgan fingerprint density at radius 3 is 1.29 bits per heavy atom. The largest absolute Gasteiger partial charge is 0.507 e. The molecular formula is C36H38N4O6S2. The number of fused-ring (bicyclic) bond motifs is 2. The van der Waals surface area contributed by atoms with E-state index in [9.17, 15) is 30.6 Å². The SMILES string of the molecule is Cc1cc2c(C(C)C)c(O)c(O)c(/C=N/C3=NCCS3)c2c(O)c1-c1c(C)cc2c(C(C)C)c(O)c(O)c(/C=N/C3=NCCS3)c2c1O. The average Bonchev–Trinajstić information content (AvgIpc) is 3.74. The van der Waals surface area contributed by atoms with Gasteiger partial charge in [-0.2, -0.15) is 0 Å². The molecule has 6 rings (SSSR count). The summed E-state index contributed by atoms with van der Waals surface area (Å²) in [6, 6.07) is 3.65. The maximum Gasteiger partial charge on any atom is 0.182 e. The predicted molar refractivity (Wildman–Crippen MR) is 199 cm³/mol. The van der Waals surface area contributed by atoms with Crippen molar-refractivity contribution in [1.29, 1.82) is 0 Å². The number of aromatic hydroxyl groups is 6. The molecule has 4 aromatic rings. The fraction of sp³-hybridized carbons (Fsp3) is 0.333. The lowest BCUT2D eigenvalue weighted by Crippen LogP contribution is -2.01. The van der Waals surface area contributed by atoms with Gasteiger partial charge in [0.05, 0.1) is 24.2 Å². The minimum atomic E-state index is -0.420. The highest BCUT2D eigenvalue weighted by molar-refractivity contribution is 8.14. The van der Waals surface area contributed by atoms with Crippen molar-refractivity contribution >= 4 is 67.8 Å². The predicted octanol–water partition coefficient (Wildman–Crippen LogP) is 7.80. The van der Waals surface area contributed by atoms with Gasteiger partial charge in [-0.25, -0.2) is 9.98 Å². The van der Waals surface area contributed by atoms with E-state index >= 15 is 0 Å². The Hall–Kier alpha value is -4.42. The Morgan fingerprint density at radius 2 is 0.979 bits per heavy atom. The number of hydrogen-bond donors (Lipinski definition) is 6. The molecule has 0 aromatic heterocycles. The van der Waals surface area contributed by atoms with Gasteiger partial charge < -0.3 is 30.6 Å². The molecule has 0 spiro atoms. The third-order valence-electron chi connectivity index (χ3n) is 8.74. The van der Waals surface area contributed by atoms with Gasteiger partial charge in [-0.1, -0.05) is 63.4 Å². The molecule has 0 unspecified atom stereocenters. The van der Waals surface area contributed by atoms with Crippen LogP contribution >= 0.6 is 23.5 Å². The van der Waals surface area contributed by atoms with Gasteiger partial charge in [-0.05, 0) is 47.6 Å². The second-order valence-corrected chi connectivity index (χ2v) is 14.7. The Bertz CT molecular complexity index is 1980. The number of aryl methyl sites for hydroxylation is 2. The van der Waals surface area contributed by atoms with Crippen molar-refractivity contribution in [2.24, 2.45) is 20.0 Å². The van der Waals surface area contributed by atoms with Crippen molar-refractivity contribution in [2.75, 3.05) is 24.6 Å². The number of aliphatic imine (C=N–C) groups is 4. The first-order chi connectivity index (χ1) is 22.8. The lowest BCUT2D eigenvalue weighted by Gasteiger charge is -2.23. The maximum absolute atomic E-state index is 12.2. The molecule has 0 bridgehead atoms. The van der Waals surface area contributed by atoms with Gasteiger partial charge in [0.15, 0.2) is 33.3 Å². The molecule has 0 radical (unpaired) electrons. The van der Waals surface area contributed by atoms with E-state index in [1.807, 2.05) is 39.8 Å². The summed E-state index contributed by atoms with van der Waals surface area (Å²) in [5, 5.41) is 72.0. The van der Waals surface area contributed by atoms with Crippen LogP contribution in [0.1, 0.15) is 72.9 Å². The van der Waals surface area contributed by atoms with Gasteiger partial charge in [0.1, 0.15) is 11.5 Å². The molecular weight excluding hydrogens is 649 g/mol. The Morgan fingerprint density at radius 1 is 0.604 bits per heavy atom. The van der Waals surface area contributed by atoms with E-state index in [-0.39, 0.29) is 56.7 Å². The lowest BCUT2D eigenvalue weighted by atomic mass is 9.83. The molecule has 10 nitrogen and oxygen atoms in total. The summed E-state index contributed by atoms with van der Waals surface area (Å²) < 4.78 is 0. The Kier molecular flexibility index (Phi) is 8.99. The third-order valence-corrected chi connectivity index (χ3v) is 10.5. The second-order valence-electron chi connectivity index (χ2n) is 12.6. The number of nitrogens with zero attached hydrogens (tertiary/aromatic N) is 4. The van der Waals surface area contributed by atoms with E-state index in [2.05, 4.69) is 20.0 Å². The zero-order valence-electron chi connectivity index (χ0n) is 27.6. The van der Waals surface area contributed by atoms with E-state index in [0.717, 1.165) is 11.5 Å². The van der Waals surface area contributed by atoms with Crippen LogP contribution < -0.4 is 0 Å². The van der Waals surface area contributed by atoms with Crippen LogP contribution in [0.15, 0.2) is 32.1 Å². The molecule has 12 heteroatoms. The molecule has 2 aliphatic heterocycles. The minimum Gasteiger partial charge on any atom is -0.507 e. The first-order valence-electron chi connectivity index (χ1n) is 15.7. The van der Waals surface area contributed by atoms with Crippen molar-refractivity contribution in [3.05, 3.63) is 45.5 Å². The lowest BCUT2D eigenvalue weighted by molar-refractivity contribution is 0.398. The van der Waals surface area contributed by atoms with Gasteiger partial charge in [-0.15, -0.1) is 0 Å². The maximum atomic E-state index is 12.2. The van der Waals surface area contributed by atoms with Crippen molar-refractivity contribution < 1.29 is 30.6 Å². The number of thioether (sulfide) groups is 2. The molecule has 0 saturated carbocycles. The zero-order valence-corrected chi connectivity index (χ0v) is 29.2. The smallest absolute Gasteiger partial charge is 0.182 e. The Balaban J connectivity index is 1.72. The number of phenols is 6. The molecule has 2 aliphatic rings. The van der Waals surface area contributed by atoms with E-state index in [4.69, 9.17) is 0 Å². The first-order valence-corrected chi connectivity index (χ1v) is 17.7. The van der Waals surface area contributed by atoms with Gasteiger partial charge in [0.25, 0.3) is 0 Å². The molecule has 48 heavy (non-hydrogen) atoms. The highest BCUT2D eigenvalue weighted by Crippen LogP contribution is 2.54. The molecule has 0 fully saturated rings. The van der Waals surface area contributed by atoms with Crippen molar-refractivity contribution in [3.63, 3.8) is 0 Å². The summed E-state index contributed by atoms with van der Waals surface area (Å²) in [4.78, 5) is 17.6. The normalized spacial score (nSPS) is 15.3. The van der Waals surface area contributed by atoms with Gasteiger partial charge in [-0.3, -0.25) is 9.98 Å². The zero-order chi connectivity index (χ0) is 34.6. The van der Waals surface area contributed by atoms with Crippen LogP contribution in [0, 0.1) is 13.8 Å². The van der Waals surface area contributed by atoms with Crippen LogP contribution in [0.2, 0.25) is 0 Å². The minimum absolute atomic E-state index is 0.117.